The third-order valence-corrected chi connectivity index (χ3v) is 4.19. The van der Waals surface area contributed by atoms with E-state index in [4.69, 9.17) is 4.74 Å². The van der Waals surface area contributed by atoms with Gasteiger partial charge >= 0.3 is 0 Å². The van der Waals surface area contributed by atoms with Gasteiger partial charge < -0.3 is 10.1 Å². The first-order valence-corrected chi connectivity index (χ1v) is 6.59. The van der Waals surface area contributed by atoms with Crippen LogP contribution >= 0.6 is 0 Å². The molecule has 0 aromatic heterocycles. The van der Waals surface area contributed by atoms with E-state index in [9.17, 15) is 0 Å². The molecule has 0 aromatic carbocycles. The second kappa shape index (κ2) is 4.84. The van der Waals surface area contributed by atoms with Gasteiger partial charge in [0.1, 0.15) is 0 Å². The molecule has 1 heterocycles. The Morgan fingerprint density at radius 3 is 2.80 bits per heavy atom. The van der Waals surface area contributed by atoms with Crippen LogP contribution in [0.15, 0.2) is 0 Å². The average molecular weight is 211 g/mol. The van der Waals surface area contributed by atoms with Crippen LogP contribution < -0.4 is 5.32 Å². The Morgan fingerprint density at radius 2 is 2.13 bits per heavy atom. The standard InChI is InChI=1S/C13H25NO/c1-3-11-6-4-5-7-12(11)14-13(2)8-9-15-10-13/h11-12,14H,3-10H2,1-2H3. The summed E-state index contributed by atoms with van der Waals surface area (Å²) in [5.41, 5.74) is 0.259. The van der Waals surface area contributed by atoms with Crippen molar-refractivity contribution in [3.63, 3.8) is 0 Å². The molecule has 1 saturated carbocycles. The van der Waals surface area contributed by atoms with Crippen LogP contribution in [0.5, 0.6) is 0 Å². The minimum absolute atomic E-state index is 0.259. The van der Waals surface area contributed by atoms with Crippen molar-refractivity contribution in [2.45, 2.75) is 64.0 Å². The highest BCUT2D eigenvalue weighted by Crippen LogP contribution is 2.30. The lowest BCUT2D eigenvalue weighted by molar-refractivity contribution is 0.148. The van der Waals surface area contributed by atoms with Crippen LogP contribution in [0.4, 0.5) is 0 Å². The van der Waals surface area contributed by atoms with E-state index in [0.29, 0.717) is 0 Å². The SMILES string of the molecule is CCC1CCCCC1NC1(C)CCOC1. The van der Waals surface area contributed by atoms with Gasteiger partial charge in [0.2, 0.25) is 0 Å². The van der Waals surface area contributed by atoms with Crippen molar-refractivity contribution in [3.8, 4) is 0 Å². The molecule has 3 atom stereocenters. The lowest BCUT2D eigenvalue weighted by atomic mass is 9.81. The predicted molar refractivity (Wildman–Crippen MR) is 63.0 cm³/mol. The fraction of sp³-hybridized carbons (Fsp3) is 1.00. The van der Waals surface area contributed by atoms with Crippen molar-refractivity contribution < 1.29 is 4.74 Å². The van der Waals surface area contributed by atoms with Gasteiger partial charge in [-0.3, -0.25) is 0 Å². The summed E-state index contributed by atoms with van der Waals surface area (Å²) in [6.07, 6.45) is 8.14. The van der Waals surface area contributed by atoms with Crippen LogP contribution in [0.3, 0.4) is 0 Å². The first-order valence-electron chi connectivity index (χ1n) is 6.59. The number of nitrogens with one attached hydrogen (secondary N) is 1. The molecule has 88 valence electrons. The molecular weight excluding hydrogens is 186 g/mol. The summed E-state index contributed by atoms with van der Waals surface area (Å²) in [5.74, 6) is 0.899. The minimum Gasteiger partial charge on any atom is -0.379 e. The normalized spacial score (nSPS) is 42.0. The third kappa shape index (κ3) is 2.73. The molecule has 1 aliphatic carbocycles. The number of rotatable bonds is 3. The predicted octanol–water partition coefficient (Wildman–Crippen LogP) is 2.72. The highest BCUT2D eigenvalue weighted by Gasteiger charge is 2.34. The van der Waals surface area contributed by atoms with Crippen LogP contribution in [0, 0.1) is 5.92 Å². The van der Waals surface area contributed by atoms with Crippen LogP contribution in [0.2, 0.25) is 0 Å². The van der Waals surface area contributed by atoms with Crippen molar-refractivity contribution in [1.82, 2.24) is 5.32 Å². The van der Waals surface area contributed by atoms with Gasteiger partial charge in [0.05, 0.1) is 6.61 Å². The largest absolute Gasteiger partial charge is 0.379 e. The summed E-state index contributed by atoms with van der Waals surface area (Å²) >= 11 is 0. The molecule has 2 heteroatoms. The summed E-state index contributed by atoms with van der Waals surface area (Å²) in [6.45, 7) is 6.49. The van der Waals surface area contributed by atoms with E-state index < -0.39 is 0 Å². The van der Waals surface area contributed by atoms with Gasteiger partial charge in [-0.05, 0) is 32.1 Å². The monoisotopic (exact) mass is 211 g/mol. The van der Waals surface area contributed by atoms with Gasteiger partial charge in [0.15, 0.2) is 0 Å². The molecule has 0 spiro atoms. The molecule has 2 rings (SSSR count). The van der Waals surface area contributed by atoms with Crippen molar-refractivity contribution in [3.05, 3.63) is 0 Å². The summed E-state index contributed by atoms with van der Waals surface area (Å²) in [6, 6.07) is 0.746. The van der Waals surface area contributed by atoms with Crippen LogP contribution in [-0.2, 0) is 4.74 Å². The maximum Gasteiger partial charge on any atom is 0.0646 e. The van der Waals surface area contributed by atoms with E-state index in [1.165, 1.54) is 38.5 Å². The number of hydrogen-bond donors (Lipinski definition) is 1. The van der Waals surface area contributed by atoms with Gasteiger partial charge in [-0.2, -0.15) is 0 Å². The molecule has 0 amide bonds. The Bertz CT molecular complexity index is 199. The van der Waals surface area contributed by atoms with Gasteiger partial charge in [-0.25, -0.2) is 0 Å². The van der Waals surface area contributed by atoms with E-state index in [-0.39, 0.29) is 5.54 Å². The fourth-order valence-corrected chi connectivity index (χ4v) is 3.11. The molecule has 0 radical (unpaired) electrons. The Balaban J connectivity index is 1.90. The molecule has 15 heavy (non-hydrogen) atoms. The smallest absolute Gasteiger partial charge is 0.0646 e. The van der Waals surface area contributed by atoms with E-state index in [1.807, 2.05) is 0 Å². The zero-order valence-corrected chi connectivity index (χ0v) is 10.2. The molecule has 1 aliphatic heterocycles. The Labute approximate surface area is 93.8 Å². The zero-order chi connectivity index (χ0) is 10.7. The average Bonchev–Trinajstić information content (AvgIpc) is 2.66. The summed E-state index contributed by atoms with van der Waals surface area (Å²) < 4.78 is 5.51. The maximum atomic E-state index is 5.51. The lowest BCUT2D eigenvalue weighted by Gasteiger charge is -2.37. The van der Waals surface area contributed by atoms with E-state index in [1.54, 1.807) is 0 Å². The van der Waals surface area contributed by atoms with Gasteiger partial charge in [-0.1, -0.05) is 26.2 Å². The fourth-order valence-electron chi connectivity index (χ4n) is 3.11. The van der Waals surface area contributed by atoms with Gasteiger partial charge in [-0.15, -0.1) is 0 Å². The quantitative estimate of drug-likeness (QED) is 0.775. The number of hydrogen-bond acceptors (Lipinski definition) is 2. The molecule has 0 aromatic rings. The molecule has 3 unspecified atom stereocenters. The summed E-state index contributed by atoms with van der Waals surface area (Å²) in [7, 11) is 0. The molecule has 1 N–H and O–H groups in total. The highest BCUT2D eigenvalue weighted by atomic mass is 16.5. The van der Waals surface area contributed by atoms with Crippen molar-refractivity contribution >= 4 is 0 Å². The van der Waals surface area contributed by atoms with Crippen LogP contribution in [0.25, 0.3) is 0 Å². The zero-order valence-electron chi connectivity index (χ0n) is 10.2. The minimum atomic E-state index is 0.259. The van der Waals surface area contributed by atoms with E-state index in [0.717, 1.165) is 25.2 Å². The first-order chi connectivity index (χ1) is 7.23. The lowest BCUT2D eigenvalue weighted by Crippen LogP contribution is -2.52. The Hall–Kier alpha value is -0.0800. The third-order valence-electron chi connectivity index (χ3n) is 4.19. The van der Waals surface area contributed by atoms with Crippen LogP contribution in [-0.4, -0.2) is 24.8 Å². The maximum absolute atomic E-state index is 5.51. The Morgan fingerprint density at radius 1 is 1.33 bits per heavy atom. The molecule has 1 saturated heterocycles. The Kier molecular flexibility index (Phi) is 3.68. The van der Waals surface area contributed by atoms with Gasteiger partial charge in [0, 0.05) is 18.2 Å². The van der Waals surface area contributed by atoms with E-state index in [2.05, 4.69) is 19.2 Å². The number of ether oxygens (including phenoxy) is 1. The second-order valence-corrected chi connectivity index (χ2v) is 5.57. The van der Waals surface area contributed by atoms with Crippen molar-refractivity contribution in [2.24, 2.45) is 5.92 Å². The van der Waals surface area contributed by atoms with E-state index >= 15 is 0 Å². The molecule has 2 aliphatic rings. The van der Waals surface area contributed by atoms with Crippen LogP contribution in [0.1, 0.15) is 52.4 Å². The topological polar surface area (TPSA) is 21.3 Å². The van der Waals surface area contributed by atoms with Crippen molar-refractivity contribution in [1.29, 1.82) is 0 Å². The summed E-state index contributed by atoms with van der Waals surface area (Å²) in [5, 5.41) is 3.87. The molecule has 0 bridgehead atoms. The highest BCUT2D eigenvalue weighted by molar-refractivity contribution is 4.92. The molecule has 2 fully saturated rings. The first kappa shape index (κ1) is 11.4. The summed E-state index contributed by atoms with van der Waals surface area (Å²) in [4.78, 5) is 0. The van der Waals surface area contributed by atoms with Gasteiger partial charge in [0.25, 0.3) is 0 Å². The van der Waals surface area contributed by atoms with Crippen molar-refractivity contribution in [2.75, 3.05) is 13.2 Å². The molecule has 2 nitrogen and oxygen atoms in total. The second-order valence-electron chi connectivity index (χ2n) is 5.57. The molecular formula is C13H25NO.